The van der Waals surface area contributed by atoms with Crippen LogP contribution in [-0.2, 0) is 11.0 Å². The van der Waals surface area contributed by atoms with Crippen molar-refractivity contribution in [3.8, 4) is 0 Å². The predicted molar refractivity (Wildman–Crippen MR) is 70.7 cm³/mol. The van der Waals surface area contributed by atoms with E-state index in [9.17, 15) is 23.1 Å². The van der Waals surface area contributed by atoms with Crippen LogP contribution in [0.4, 0.5) is 13.2 Å². The average Bonchev–Trinajstić information content (AvgIpc) is 2.45. The lowest BCUT2D eigenvalue weighted by atomic mass is 9.70. The van der Waals surface area contributed by atoms with Crippen molar-refractivity contribution in [3.63, 3.8) is 0 Å². The maximum atomic E-state index is 13.1. The minimum absolute atomic E-state index is 0.0237. The predicted octanol–water partition coefficient (Wildman–Crippen LogP) is 4.09. The molecule has 2 rings (SSSR count). The lowest BCUT2D eigenvalue weighted by Crippen LogP contribution is -2.30. The van der Waals surface area contributed by atoms with Crippen LogP contribution in [0, 0.1) is 11.8 Å². The second-order valence-electron chi connectivity index (χ2n) is 5.60. The lowest BCUT2D eigenvalue weighted by molar-refractivity contribution is -0.145. The van der Waals surface area contributed by atoms with E-state index in [0.29, 0.717) is 12.8 Å². The van der Waals surface area contributed by atoms with Crippen LogP contribution < -0.4 is 0 Å². The fraction of sp³-hybridized carbons (Fsp3) is 0.600. The van der Waals surface area contributed by atoms with Crippen LogP contribution in [0.3, 0.4) is 0 Å². The molecule has 1 heterocycles. The molecule has 0 aliphatic heterocycles. The Hall–Kier alpha value is -1.59. The number of aromatic nitrogens is 1. The highest BCUT2D eigenvalue weighted by molar-refractivity contribution is 5.71. The number of nitrogens with zero attached hydrogens (tertiary/aromatic N) is 1. The Kier molecular flexibility index (Phi) is 4.54. The van der Waals surface area contributed by atoms with Gasteiger partial charge < -0.3 is 5.11 Å². The minimum atomic E-state index is -4.49. The zero-order valence-corrected chi connectivity index (χ0v) is 11.7. The first-order valence-corrected chi connectivity index (χ1v) is 7.08. The smallest absolute Gasteiger partial charge is 0.416 e. The normalized spacial score (nSPS) is 26.6. The standard InChI is InChI=1S/C15H18F3NO2/c1-2-9-3-4-10(14(20)21)11(7-9)12-8-19-6-5-13(12)15(16,17)18/h5-6,8-11H,2-4,7H2,1H3,(H,20,21). The third-order valence-electron chi connectivity index (χ3n) is 4.41. The summed E-state index contributed by atoms with van der Waals surface area (Å²) in [5.74, 6) is -2.14. The first kappa shape index (κ1) is 15.8. The fourth-order valence-corrected chi connectivity index (χ4v) is 3.23. The summed E-state index contributed by atoms with van der Waals surface area (Å²) in [7, 11) is 0. The van der Waals surface area contributed by atoms with Crippen LogP contribution in [-0.4, -0.2) is 16.1 Å². The molecule has 1 aliphatic carbocycles. The zero-order chi connectivity index (χ0) is 15.6. The molecule has 1 N–H and O–H groups in total. The SMILES string of the molecule is CCC1CCC(C(=O)O)C(c2cnccc2C(F)(F)F)C1. The van der Waals surface area contributed by atoms with E-state index in [1.54, 1.807) is 0 Å². The number of halogens is 3. The van der Waals surface area contributed by atoms with E-state index < -0.39 is 29.5 Å². The third kappa shape index (κ3) is 3.36. The lowest BCUT2D eigenvalue weighted by Gasteiger charge is -2.34. The largest absolute Gasteiger partial charge is 0.481 e. The molecular weight excluding hydrogens is 283 g/mol. The van der Waals surface area contributed by atoms with Gasteiger partial charge in [-0.1, -0.05) is 13.3 Å². The zero-order valence-electron chi connectivity index (χ0n) is 11.7. The van der Waals surface area contributed by atoms with Gasteiger partial charge in [0.2, 0.25) is 0 Å². The van der Waals surface area contributed by atoms with Crippen molar-refractivity contribution in [3.05, 3.63) is 29.6 Å². The van der Waals surface area contributed by atoms with Crippen LogP contribution in [0.5, 0.6) is 0 Å². The molecule has 0 radical (unpaired) electrons. The number of rotatable bonds is 3. The van der Waals surface area contributed by atoms with E-state index in [0.717, 1.165) is 25.1 Å². The first-order chi connectivity index (χ1) is 9.84. The number of alkyl halides is 3. The summed E-state index contributed by atoms with van der Waals surface area (Å²) in [6.07, 6.45) is 0.299. The van der Waals surface area contributed by atoms with Crippen molar-refractivity contribution >= 4 is 5.97 Å². The first-order valence-electron chi connectivity index (χ1n) is 7.08. The van der Waals surface area contributed by atoms with E-state index in [-0.39, 0.29) is 11.5 Å². The van der Waals surface area contributed by atoms with Gasteiger partial charge in [-0.25, -0.2) is 0 Å². The van der Waals surface area contributed by atoms with Crippen LogP contribution >= 0.6 is 0 Å². The van der Waals surface area contributed by atoms with Gasteiger partial charge in [0.15, 0.2) is 0 Å². The highest BCUT2D eigenvalue weighted by atomic mass is 19.4. The topological polar surface area (TPSA) is 50.2 Å². The van der Waals surface area contributed by atoms with Gasteiger partial charge in [-0.2, -0.15) is 13.2 Å². The Labute approximate surface area is 121 Å². The van der Waals surface area contributed by atoms with Crippen LogP contribution in [0.1, 0.15) is 49.7 Å². The highest BCUT2D eigenvalue weighted by Gasteiger charge is 2.41. The van der Waals surface area contributed by atoms with Gasteiger partial charge >= 0.3 is 12.1 Å². The van der Waals surface area contributed by atoms with Crippen molar-refractivity contribution in [1.82, 2.24) is 4.98 Å². The second kappa shape index (κ2) is 6.03. The number of hydrogen-bond acceptors (Lipinski definition) is 2. The Bertz CT molecular complexity index is 516. The summed E-state index contributed by atoms with van der Waals surface area (Å²) in [5.41, 5.74) is -0.735. The molecule has 21 heavy (non-hydrogen) atoms. The summed E-state index contributed by atoms with van der Waals surface area (Å²) in [6, 6.07) is 0.934. The fourth-order valence-electron chi connectivity index (χ4n) is 3.23. The van der Waals surface area contributed by atoms with Gasteiger partial charge in [-0.3, -0.25) is 9.78 Å². The Morgan fingerprint density at radius 3 is 2.71 bits per heavy atom. The Morgan fingerprint density at radius 1 is 1.43 bits per heavy atom. The number of carbonyl (C=O) groups is 1. The third-order valence-corrected chi connectivity index (χ3v) is 4.41. The number of carboxylic acids is 1. The molecule has 1 aromatic heterocycles. The molecule has 3 unspecified atom stereocenters. The van der Waals surface area contributed by atoms with Gasteiger partial charge in [0, 0.05) is 12.4 Å². The Balaban J connectivity index is 2.43. The number of aliphatic carboxylic acids is 1. The molecule has 3 nitrogen and oxygen atoms in total. The highest BCUT2D eigenvalue weighted by Crippen LogP contribution is 2.45. The molecule has 1 saturated carbocycles. The summed E-state index contributed by atoms with van der Waals surface area (Å²) >= 11 is 0. The van der Waals surface area contributed by atoms with E-state index in [1.807, 2.05) is 6.92 Å². The van der Waals surface area contributed by atoms with Crippen molar-refractivity contribution < 1.29 is 23.1 Å². The molecule has 3 atom stereocenters. The number of hydrogen-bond donors (Lipinski definition) is 1. The summed E-state index contributed by atoms with van der Waals surface area (Å²) < 4.78 is 39.4. The minimum Gasteiger partial charge on any atom is -0.481 e. The van der Waals surface area contributed by atoms with Gasteiger partial charge in [0.05, 0.1) is 11.5 Å². The van der Waals surface area contributed by atoms with Gasteiger partial charge in [-0.05, 0) is 42.7 Å². The summed E-state index contributed by atoms with van der Waals surface area (Å²) in [5, 5.41) is 9.32. The number of pyridine rings is 1. The van der Waals surface area contributed by atoms with Gasteiger partial charge in [0.1, 0.15) is 0 Å². The second-order valence-corrected chi connectivity index (χ2v) is 5.60. The van der Waals surface area contributed by atoms with Crippen molar-refractivity contribution in [2.24, 2.45) is 11.8 Å². The van der Waals surface area contributed by atoms with E-state index in [4.69, 9.17) is 0 Å². The monoisotopic (exact) mass is 301 g/mol. The molecule has 0 bridgehead atoms. The van der Waals surface area contributed by atoms with E-state index >= 15 is 0 Å². The molecule has 0 amide bonds. The molecule has 0 saturated heterocycles. The van der Waals surface area contributed by atoms with Crippen LogP contribution in [0.2, 0.25) is 0 Å². The molecule has 1 aromatic rings. The van der Waals surface area contributed by atoms with Crippen molar-refractivity contribution in [1.29, 1.82) is 0 Å². The van der Waals surface area contributed by atoms with Gasteiger partial charge in [-0.15, -0.1) is 0 Å². The molecule has 0 spiro atoms. The van der Waals surface area contributed by atoms with E-state index in [2.05, 4.69) is 4.98 Å². The maximum Gasteiger partial charge on any atom is 0.416 e. The molecular formula is C15H18F3NO2. The quantitative estimate of drug-likeness (QED) is 0.914. The summed E-state index contributed by atoms with van der Waals surface area (Å²) in [6.45, 7) is 1.98. The summed E-state index contributed by atoms with van der Waals surface area (Å²) in [4.78, 5) is 15.2. The molecule has 116 valence electrons. The molecule has 0 aromatic carbocycles. The van der Waals surface area contributed by atoms with Gasteiger partial charge in [0.25, 0.3) is 0 Å². The average molecular weight is 301 g/mol. The van der Waals surface area contributed by atoms with Crippen molar-refractivity contribution in [2.45, 2.75) is 44.7 Å². The maximum absolute atomic E-state index is 13.1. The van der Waals surface area contributed by atoms with E-state index in [1.165, 1.54) is 6.20 Å². The number of carboxylic acid groups (broad SMARTS) is 1. The van der Waals surface area contributed by atoms with Crippen molar-refractivity contribution in [2.75, 3.05) is 0 Å². The van der Waals surface area contributed by atoms with Crippen LogP contribution in [0.25, 0.3) is 0 Å². The van der Waals surface area contributed by atoms with Crippen LogP contribution in [0.15, 0.2) is 18.5 Å². The molecule has 1 aliphatic rings. The Morgan fingerprint density at radius 2 is 2.14 bits per heavy atom. The molecule has 6 heteroatoms. The molecule has 1 fully saturated rings.